The van der Waals surface area contributed by atoms with E-state index in [0.29, 0.717) is 5.92 Å². The number of nitrogens with zero attached hydrogens (tertiary/aromatic N) is 1. The number of hydrogen-bond acceptors (Lipinski definition) is 3. The van der Waals surface area contributed by atoms with Gasteiger partial charge in [-0.2, -0.15) is 0 Å². The number of nitrogens with one attached hydrogen (secondary N) is 1. The highest BCUT2D eigenvalue weighted by atomic mass is 32.2. The van der Waals surface area contributed by atoms with Gasteiger partial charge in [-0.3, -0.25) is 9.10 Å². The fourth-order valence-electron chi connectivity index (χ4n) is 1.42. The Bertz CT molecular complexity index is 164. The van der Waals surface area contributed by atoms with E-state index in [1.807, 2.05) is 13.8 Å². The summed E-state index contributed by atoms with van der Waals surface area (Å²) in [5.74, 6) is 0.735. The van der Waals surface area contributed by atoms with Gasteiger partial charge in [-0.1, -0.05) is 25.8 Å². The lowest BCUT2D eigenvalue weighted by Gasteiger charge is -2.11. The first-order valence-electron chi connectivity index (χ1n) is 5.26. The highest BCUT2D eigenvalue weighted by Crippen LogP contribution is 2.20. The summed E-state index contributed by atoms with van der Waals surface area (Å²) >= 11 is 1.79. The molecule has 1 aliphatic heterocycles. The van der Waals surface area contributed by atoms with Crippen LogP contribution < -0.4 is 5.32 Å². The second-order valence-corrected chi connectivity index (χ2v) is 4.04. The van der Waals surface area contributed by atoms with Gasteiger partial charge in [0.2, 0.25) is 5.91 Å². The zero-order chi connectivity index (χ0) is 11.0. The number of hydrogen-bond donors (Lipinski definition) is 1. The molecule has 0 aromatic rings. The predicted molar refractivity (Wildman–Crippen MR) is 63.2 cm³/mol. The number of amides is 1. The fraction of sp³-hybridized carbons (Fsp3) is 0.900. The van der Waals surface area contributed by atoms with Crippen LogP contribution >= 0.6 is 11.9 Å². The standard InChI is InChI=1S/C8H16N2OS.C2H6/c1-7(11)9-5-8-3-4-10(6-8)12-2;1-2/h8H,3-6H2,1-2H3,(H,9,11);1-2H3. The first-order chi connectivity index (χ1) is 6.72. The van der Waals surface area contributed by atoms with Crippen molar-refractivity contribution in [1.82, 2.24) is 9.62 Å². The second kappa shape index (κ2) is 8.12. The van der Waals surface area contributed by atoms with Crippen LogP contribution in [0.3, 0.4) is 0 Å². The van der Waals surface area contributed by atoms with Crippen LogP contribution in [-0.4, -0.2) is 36.1 Å². The molecule has 0 bridgehead atoms. The minimum Gasteiger partial charge on any atom is -0.356 e. The van der Waals surface area contributed by atoms with Gasteiger partial charge in [0.15, 0.2) is 0 Å². The Labute approximate surface area is 91.8 Å². The zero-order valence-electron chi connectivity index (χ0n) is 9.67. The van der Waals surface area contributed by atoms with E-state index in [2.05, 4.69) is 15.9 Å². The van der Waals surface area contributed by atoms with Crippen molar-refractivity contribution < 1.29 is 4.79 Å². The van der Waals surface area contributed by atoms with Gasteiger partial charge in [0.25, 0.3) is 0 Å². The van der Waals surface area contributed by atoms with Crippen molar-refractivity contribution in [1.29, 1.82) is 0 Å². The molecule has 0 aromatic carbocycles. The molecule has 1 atom stereocenters. The molecule has 1 amide bonds. The maximum atomic E-state index is 10.6. The predicted octanol–water partition coefficient (Wildman–Crippen LogP) is 1.75. The average Bonchev–Trinajstić information content (AvgIpc) is 2.65. The summed E-state index contributed by atoms with van der Waals surface area (Å²) in [6.07, 6.45) is 3.31. The molecule has 0 radical (unpaired) electrons. The molecule has 1 N–H and O–H groups in total. The third kappa shape index (κ3) is 5.50. The van der Waals surface area contributed by atoms with Crippen LogP contribution in [0.2, 0.25) is 0 Å². The van der Waals surface area contributed by atoms with Crippen LogP contribution in [0.25, 0.3) is 0 Å². The summed E-state index contributed by atoms with van der Waals surface area (Å²) < 4.78 is 2.34. The van der Waals surface area contributed by atoms with E-state index in [9.17, 15) is 4.79 Å². The molecule has 1 unspecified atom stereocenters. The molecule has 0 spiro atoms. The van der Waals surface area contributed by atoms with Gasteiger partial charge in [0.05, 0.1) is 0 Å². The molecule has 1 rings (SSSR count). The van der Waals surface area contributed by atoms with E-state index in [4.69, 9.17) is 0 Å². The van der Waals surface area contributed by atoms with E-state index < -0.39 is 0 Å². The van der Waals surface area contributed by atoms with Crippen molar-refractivity contribution in [3.05, 3.63) is 0 Å². The molecule has 0 aromatic heterocycles. The Balaban J connectivity index is 0.000000791. The lowest BCUT2D eigenvalue weighted by Crippen LogP contribution is -2.28. The highest BCUT2D eigenvalue weighted by molar-refractivity contribution is 7.96. The van der Waals surface area contributed by atoms with E-state index in [1.165, 1.54) is 6.42 Å². The first-order valence-corrected chi connectivity index (χ1v) is 6.44. The van der Waals surface area contributed by atoms with Gasteiger partial charge in [0, 0.05) is 26.6 Å². The Hall–Kier alpha value is -0.220. The van der Waals surface area contributed by atoms with Crippen molar-refractivity contribution in [2.45, 2.75) is 27.2 Å². The lowest BCUT2D eigenvalue weighted by molar-refractivity contribution is -0.119. The monoisotopic (exact) mass is 218 g/mol. The maximum absolute atomic E-state index is 10.6. The van der Waals surface area contributed by atoms with Crippen LogP contribution in [-0.2, 0) is 4.79 Å². The molecule has 84 valence electrons. The number of carbonyl (C=O) groups is 1. The Morgan fingerprint density at radius 1 is 1.57 bits per heavy atom. The molecule has 1 saturated heterocycles. The molecule has 14 heavy (non-hydrogen) atoms. The normalized spacial score (nSPS) is 21.3. The molecule has 3 nitrogen and oxygen atoms in total. The Kier molecular flexibility index (Phi) is 7.99. The minimum absolute atomic E-state index is 0.0811. The summed E-state index contributed by atoms with van der Waals surface area (Å²) in [7, 11) is 0. The summed E-state index contributed by atoms with van der Waals surface area (Å²) in [5, 5.41) is 2.86. The molecule has 1 aliphatic rings. The van der Waals surface area contributed by atoms with Crippen molar-refractivity contribution >= 4 is 17.9 Å². The third-order valence-electron chi connectivity index (χ3n) is 2.15. The molecule has 1 heterocycles. The lowest BCUT2D eigenvalue weighted by atomic mass is 10.1. The first kappa shape index (κ1) is 13.8. The van der Waals surface area contributed by atoms with E-state index in [-0.39, 0.29) is 5.91 Å². The van der Waals surface area contributed by atoms with Gasteiger partial charge in [0.1, 0.15) is 0 Å². The average molecular weight is 218 g/mol. The number of rotatable bonds is 3. The summed E-state index contributed by atoms with van der Waals surface area (Å²) in [4.78, 5) is 10.6. The van der Waals surface area contributed by atoms with E-state index >= 15 is 0 Å². The zero-order valence-corrected chi connectivity index (χ0v) is 10.5. The second-order valence-electron chi connectivity index (χ2n) is 3.16. The number of carbonyl (C=O) groups excluding carboxylic acids is 1. The fourth-order valence-corrected chi connectivity index (χ4v) is 2.07. The summed E-state index contributed by atoms with van der Waals surface area (Å²) in [6.45, 7) is 8.68. The van der Waals surface area contributed by atoms with Gasteiger partial charge < -0.3 is 5.32 Å². The van der Waals surface area contributed by atoms with Crippen LogP contribution in [0.5, 0.6) is 0 Å². The molecule has 1 fully saturated rings. The van der Waals surface area contributed by atoms with Crippen molar-refractivity contribution in [2.75, 3.05) is 25.9 Å². The Morgan fingerprint density at radius 2 is 2.21 bits per heavy atom. The molecule has 0 saturated carbocycles. The van der Waals surface area contributed by atoms with Crippen LogP contribution in [0, 0.1) is 5.92 Å². The molecule has 0 aliphatic carbocycles. The van der Waals surface area contributed by atoms with E-state index in [1.54, 1.807) is 18.9 Å². The van der Waals surface area contributed by atoms with Crippen molar-refractivity contribution in [2.24, 2.45) is 5.92 Å². The van der Waals surface area contributed by atoms with Gasteiger partial charge in [-0.25, -0.2) is 0 Å². The summed E-state index contributed by atoms with van der Waals surface area (Å²) in [6, 6.07) is 0. The quantitative estimate of drug-likeness (QED) is 0.733. The van der Waals surface area contributed by atoms with Gasteiger partial charge >= 0.3 is 0 Å². The smallest absolute Gasteiger partial charge is 0.216 e. The van der Waals surface area contributed by atoms with Crippen LogP contribution in [0.15, 0.2) is 0 Å². The molecular weight excluding hydrogens is 196 g/mol. The summed E-state index contributed by atoms with van der Waals surface area (Å²) in [5.41, 5.74) is 0. The van der Waals surface area contributed by atoms with Crippen molar-refractivity contribution in [3.63, 3.8) is 0 Å². The topological polar surface area (TPSA) is 32.3 Å². The molecule has 4 heteroatoms. The maximum Gasteiger partial charge on any atom is 0.216 e. The van der Waals surface area contributed by atoms with Crippen LogP contribution in [0.4, 0.5) is 0 Å². The molecular formula is C10H22N2OS. The SMILES string of the molecule is CC.CSN1CCC(CNC(C)=O)C1. The largest absolute Gasteiger partial charge is 0.356 e. The van der Waals surface area contributed by atoms with Crippen LogP contribution in [0.1, 0.15) is 27.2 Å². The third-order valence-corrected chi connectivity index (χ3v) is 2.99. The highest BCUT2D eigenvalue weighted by Gasteiger charge is 2.21. The van der Waals surface area contributed by atoms with Gasteiger partial charge in [-0.15, -0.1) is 0 Å². The van der Waals surface area contributed by atoms with Gasteiger partial charge in [-0.05, 0) is 18.6 Å². The van der Waals surface area contributed by atoms with Crippen molar-refractivity contribution in [3.8, 4) is 0 Å². The van der Waals surface area contributed by atoms with E-state index in [0.717, 1.165) is 19.6 Å². The Morgan fingerprint density at radius 3 is 2.64 bits per heavy atom. The minimum atomic E-state index is 0.0811.